The van der Waals surface area contributed by atoms with Crippen molar-refractivity contribution in [1.29, 1.82) is 0 Å². The molecule has 2 fully saturated rings. The first-order chi connectivity index (χ1) is 16.8. The van der Waals surface area contributed by atoms with Gasteiger partial charge < -0.3 is 14.7 Å². The Hall–Kier alpha value is -3.24. The number of hydrogen-bond donors (Lipinski definition) is 0. The van der Waals surface area contributed by atoms with Crippen molar-refractivity contribution < 1.29 is 4.79 Å². The molecule has 3 aromatic rings. The summed E-state index contributed by atoms with van der Waals surface area (Å²) in [6, 6.07) is 5.91. The smallest absolute Gasteiger partial charge is 0.236 e. The highest BCUT2D eigenvalue weighted by atomic mass is 35.5. The normalized spacial score (nSPS) is 18.4. The van der Waals surface area contributed by atoms with Crippen molar-refractivity contribution in [2.45, 2.75) is 20.0 Å². The number of carbonyl (C=O) groups is 1. The Labute approximate surface area is 209 Å². The summed E-state index contributed by atoms with van der Waals surface area (Å²) in [7, 11) is 3.55. The van der Waals surface area contributed by atoms with E-state index in [0.29, 0.717) is 24.7 Å². The van der Waals surface area contributed by atoms with Crippen LogP contribution in [0.25, 0.3) is 5.69 Å². The highest BCUT2D eigenvalue weighted by Crippen LogP contribution is 2.43. The molecule has 5 heterocycles. The molecule has 0 bridgehead atoms. The lowest BCUT2D eigenvalue weighted by Crippen LogP contribution is -2.73. The van der Waals surface area contributed by atoms with Crippen molar-refractivity contribution in [3.63, 3.8) is 0 Å². The highest BCUT2D eigenvalue weighted by Gasteiger charge is 2.53. The number of carbonyl (C=O) groups excluding carboxylic acids is 1. The summed E-state index contributed by atoms with van der Waals surface area (Å²) in [6.45, 7) is 7.22. The van der Waals surface area contributed by atoms with Gasteiger partial charge in [-0.25, -0.2) is 4.98 Å². The van der Waals surface area contributed by atoms with Gasteiger partial charge in [0.25, 0.3) is 0 Å². The van der Waals surface area contributed by atoms with Crippen molar-refractivity contribution in [3.05, 3.63) is 52.7 Å². The summed E-state index contributed by atoms with van der Waals surface area (Å²) in [5.41, 5.74) is 3.27. The minimum absolute atomic E-state index is 0.0549. The first-order valence-corrected chi connectivity index (χ1v) is 12.1. The largest absolute Gasteiger partial charge is 0.354 e. The Morgan fingerprint density at radius 3 is 2.60 bits per heavy atom. The molecule has 0 unspecified atom stereocenters. The molecule has 1 spiro atoms. The molecule has 1 aromatic carbocycles. The second-order valence-electron chi connectivity index (χ2n) is 10.2. The maximum Gasteiger partial charge on any atom is 0.236 e. The average molecular weight is 494 g/mol. The fraction of sp³-hybridized carbons (Fsp3) is 0.458. The average Bonchev–Trinajstić information content (AvgIpc) is 3.08. The molecule has 6 rings (SSSR count). The van der Waals surface area contributed by atoms with Gasteiger partial charge in [-0.1, -0.05) is 11.6 Å². The van der Waals surface area contributed by atoms with Crippen LogP contribution in [-0.2, 0) is 17.9 Å². The number of rotatable bonds is 4. The van der Waals surface area contributed by atoms with Gasteiger partial charge in [-0.05, 0) is 30.7 Å². The maximum absolute atomic E-state index is 12.4. The van der Waals surface area contributed by atoms with E-state index in [9.17, 15) is 4.79 Å². The second-order valence-corrected chi connectivity index (χ2v) is 10.6. The van der Waals surface area contributed by atoms with Crippen LogP contribution in [0.2, 0.25) is 5.02 Å². The molecule has 2 aromatic heterocycles. The summed E-state index contributed by atoms with van der Waals surface area (Å²) < 4.78 is 2.14. The van der Waals surface area contributed by atoms with E-state index >= 15 is 0 Å². The van der Waals surface area contributed by atoms with Crippen molar-refractivity contribution in [3.8, 4) is 5.69 Å². The molecule has 10 nitrogen and oxygen atoms in total. The van der Waals surface area contributed by atoms with Crippen LogP contribution >= 0.6 is 11.6 Å². The summed E-state index contributed by atoms with van der Waals surface area (Å²) in [5, 5.41) is 9.82. The van der Waals surface area contributed by atoms with E-state index in [1.165, 1.54) is 0 Å². The third kappa shape index (κ3) is 3.90. The summed E-state index contributed by atoms with van der Waals surface area (Å²) in [4.78, 5) is 29.6. The van der Waals surface area contributed by atoms with Gasteiger partial charge in [0.2, 0.25) is 11.9 Å². The van der Waals surface area contributed by atoms with Crippen LogP contribution in [0.15, 0.2) is 30.6 Å². The molecule has 1 amide bonds. The fourth-order valence-corrected chi connectivity index (χ4v) is 5.53. The van der Waals surface area contributed by atoms with E-state index in [1.807, 2.05) is 31.3 Å². The first kappa shape index (κ1) is 22.2. The SMILES string of the molecule is Cc1cncc(N2CC3(C2)CN(c2nnc4n2-c2ccc(Cl)cc2CN(CC(=O)N(C)C)C4)C3)n1. The van der Waals surface area contributed by atoms with Crippen molar-refractivity contribution in [2.75, 3.05) is 56.6 Å². The van der Waals surface area contributed by atoms with E-state index < -0.39 is 0 Å². The van der Waals surface area contributed by atoms with Gasteiger partial charge in [0.1, 0.15) is 5.82 Å². The zero-order chi connectivity index (χ0) is 24.3. The monoisotopic (exact) mass is 493 g/mol. The molecule has 0 N–H and O–H groups in total. The lowest BCUT2D eigenvalue weighted by atomic mass is 9.73. The number of nitrogens with zero attached hydrogens (tertiary/aromatic N) is 9. The zero-order valence-corrected chi connectivity index (χ0v) is 20.9. The third-order valence-electron chi connectivity index (χ3n) is 7.07. The molecule has 0 saturated carbocycles. The zero-order valence-electron chi connectivity index (χ0n) is 20.1. The van der Waals surface area contributed by atoms with E-state index in [1.54, 1.807) is 25.2 Å². The van der Waals surface area contributed by atoms with Crippen molar-refractivity contribution in [1.82, 2.24) is 34.5 Å². The standard InChI is InChI=1S/C24H28ClN9O/c1-16-7-26-8-20(27-16)32-12-24(13-32)14-33(15-24)23-29-28-21-10-31(11-22(35)30(2)3)9-17-6-18(25)4-5-19(17)34(21)23/h4-8H,9-15H2,1-3H3. The number of likely N-dealkylation sites (N-methyl/N-ethyl adjacent to an activating group) is 1. The Kier molecular flexibility index (Phi) is 5.19. The molecule has 182 valence electrons. The van der Waals surface area contributed by atoms with Crippen LogP contribution < -0.4 is 9.80 Å². The quantitative estimate of drug-likeness (QED) is 0.543. The minimum Gasteiger partial charge on any atom is -0.354 e. The molecular weight excluding hydrogens is 466 g/mol. The highest BCUT2D eigenvalue weighted by molar-refractivity contribution is 6.30. The van der Waals surface area contributed by atoms with Crippen LogP contribution in [0, 0.1) is 12.3 Å². The molecule has 2 saturated heterocycles. The molecule has 3 aliphatic heterocycles. The van der Waals surface area contributed by atoms with Crippen molar-refractivity contribution in [2.24, 2.45) is 5.41 Å². The lowest BCUT2D eigenvalue weighted by Gasteiger charge is -2.60. The van der Waals surface area contributed by atoms with Gasteiger partial charge in [0, 0.05) is 63.5 Å². The molecule has 0 aliphatic carbocycles. The molecule has 3 aliphatic rings. The Balaban J connectivity index is 1.23. The van der Waals surface area contributed by atoms with Crippen LogP contribution in [0.1, 0.15) is 17.1 Å². The Morgan fingerprint density at radius 2 is 1.86 bits per heavy atom. The number of halogens is 1. The summed E-state index contributed by atoms with van der Waals surface area (Å²) >= 11 is 6.35. The van der Waals surface area contributed by atoms with E-state index in [-0.39, 0.29) is 11.3 Å². The minimum atomic E-state index is 0.0549. The number of aromatic nitrogens is 5. The van der Waals surface area contributed by atoms with Gasteiger partial charge in [-0.15, -0.1) is 10.2 Å². The van der Waals surface area contributed by atoms with E-state index in [0.717, 1.165) is 60.7 Å². The molecule has 35 heavy (non-hydrogen) atoms. The molecule has 0 atom stereocenters. The second kappa shape index (κ2) is 8.17. The number of fused-ring (bicyclic) bond motifs is 3. The van der Waals surface area contributed by atoms with Crippen LogP contribution in [-0.4, -0.2) is 87.3 Å². The summed E-state index contributed by atoms with van der Waals surface area (Å²) in [6.07, 6.45) is 3.62. The Morgan fingerprint density at radius 1 is 1.09 bits per heavy atom. The van der Waals surface area contributed by atoms with Gasteiger partial charge in [-0.3, -0.25) is 19.2 Å². The number of benzene rings is 1. The predicted molar refractivity (Wildman–Crippen MR) is 133 cm³/mol. The lowest BCUT2D eigenvalue weighted by molar-refractivity contribution is -0.130. The third-order valence-corrected chi connectivity index (χ3v) is 7.30. The van der Waals surface area contributed by atoms with Crippen molar-refractivity contribution >= 4 is 29.3 Å². The topological polar surface area (TPSA) is 86.5 Å². The first-order valence-electron chi connectivity index (χ1n) is 11.7. The van der Waals surface area contributed by atoms with Crippen LogP contribution in [0.5, 0.6) is 0 Å². The van der Waals surface area contributed by atoms with E-state index in [4.69, 9.17) is 11.6 Å². The van der Waals surface area contributed by atoms with E-state index in [2.05, 4.69) is 39.4 Å². The van der Waals surface area contributed by atoms with Gasteiger partial charge in [0.15, 0.2) is 5.82 Å². The van der Waals surface area contributed by atoms with Crippen LogP contribution in [0.3, 0.4) is 0 Å². The maximum atomic E-state index is 12.4. The predicted octanol–water partition coefficient (Wildman–Crippen LogP) is 1.75. The number of hydrogen-bond acceptors (Lipinski definition) is 8. The number of anilines is 2. The van der Waals surface area contributed by atoms with Gasteiger partial charge >= 0.3 is 0 Å². The summed E-state index contributed by atoms with van der Waals surface area (Å²) in [5.74, 6) is 2.69. The molecular formula is C24H28ClN9O. The van der Waals surface area contributed by atoms with Gasteiger partial charge in [-0.2, -0.15) is 0 Å². The Bertz CT molecular complexity index is 1290. The number of aryl methyl sites for hydroxylation is 1. The fourth-order valence-electron chi connectivity index (χ4n) is 5.33. The van der Waals surface area contributed by atoms with Gasteiger partial charge in [0.05, 0.1) is 30.7 Å². The molecule has 11 heteroatoms. The molecule has 0 radical (unpaired) electrons. The van der Waals surface area contributed by atoms with Crippen LogP contribution in [0.4, 0.5) is 11.8 Å². The number of amides is 1.